The first-order valence-electron chi connectivity index (χ1n) is 10.9. The molecule has 0 saturated heterocycles. The molecule has 0 atom stereocenters. The van der Waals surface area contributed by atoms with Crippen LogP contribution >= 0.6 is 23.1 Å². The Kier molecular flexibility index (Phi) is 6.26. The number of ether oxygens (including phenoxy) is 1. The van der Waals surface area contributed by atoms with E-state index in [4.69, 9.17) is 4.74 Å². The Morgan fingerprint density at radius 1 is 1.00 bits per heavy atom. The molecule has 0 N–H and O–H groups in total. The van der Waals surface area contributed by atoms with Gasteiger partial charge in [-0.3, -0.25) is 13.9 Å². The quantitative estimate of drug-likeness (QED) is 0.279. The summed E-state index contributed by atoms with van der Waals surface area (Å²) in [6, 6.07) is 22.2. The lowest BCUT2D eigenvalue weighted by molar-refractivity contribution is 0.414. The van der Waals surface area contributed by atoms with Crippen LogP contribution in [0.15, 0.2) is 76.7 Å². The van der Waals surface area contributed by atoms with Crippen LogP contribution in [0.25, 0.3) is 15.9 Å². The maximum Gasteiger partial charge on any atom is 0.308 e. The third-order valence-electron chi connectivity index (χ3n) is 5.77. The largest absolute Gasteiger partial charge is 0.497 e. The van der Waals surface area contributed by atoms with E-state index in [9.17, 15) is 4.79 Å². The number of para-hydroxylation sites is 1. The number of aryl methyl sites for hydroxylation is 2. The number of hydrogen-bond donors (Lipinski definition) is 0. The van der Waals surface area contributed by atoms with Crippen LogP contribution in [0.5, 0.6) is 5.75 Å². The first-order valence-corrected chi connectivity index (χ1v) is 12.7. The number of rotatable bonds is 7. The van der Waals surface area contributed by atoms with Gasteiger partial charge in [0, 0.05) is 11.4 Å². The molecule has 8 heteroatoms. The van der Waals surface area contributed by atoms with Gasteiger partial charge >= 0.3 is 4.87 Å². The number of benzene rings is 3. The fourth-order valence-corrected chi connectivity index (χ4v) is 5.81. The van der Waals surface area contributed by atoms with Crippen LogP contribution in [-0.4, -0.2) is 26.4 Å². The van der Waals surface area contributed by atoms with Gasteiger partial charge in [0.15, 0.2) is 11.0 Å². The molecule has 0 fully saturated rings. The van der Waals surface area contributed by atoms with Crippen LogP contribution in [0.4, 0.5) is 0 Å². The molecule has 2 aromatic heterocycles. The molecule has 0 spiro atoms. The molecule has 0 aliphatic heterocycles. The smallest absolute Gasteiger partial charge is 0.308 e. The first kappa shape index (κ1) is 22.4. The number of hydrogen-bond acceptors (Lipinski definition) is 6. The van der Waals surface area contributed by atoms with Crippen LogP contribution in [-0.2, 0) is 12.3 Å². The van der Waals surface area contributed by atoms with Gasteiger partial charge in [-0.25, -0.2) is 0 Å². The lowest BCUT2D eigenvalue weighted by Crippen LogP contribution is -2.16. The number of aromatic nitrogens is 4. The third kappa shape index (κ3) is 4.38. The molecule has 0 bridgehead atoms. The number of methoxy groups -OCH3 is 1. The Balaban J connectivity index is 1.54. The van der Waals surface area contributed by atoms with Crippen molar-refractivity contribution >= 4 is 33.3 Å². The average Bonchev–Trinajstić information content (AvgIpc) is 3.40. The molecular formula is C26H24N4O2S2. The van der Waals surface area contributed by atoms with Gasteiger partial charge in [0.05, 0.1) is 23.9 Å². The van der Waals surface area contributed by atoms with Crippen LogP contribution in [0, 0.1) is 13.8 Å². The van der Waals surface area contributed by atoms with Crippen molar-refractivity contribution in [3.63, 3.8) is 0 Å². The summed E-state index contributed by atoms with van der Waals surface area (Å²) in [5.41, 5.74) is 5.60. The highest BCUT2D eigenvalue weighted by atomic mass is 32.2. The Labute approximate surface area is 205 Å². The zero-order chi connectivity index (χ0) is 23.7. The van der Waals surface area contributed by atoms with E-state index in [1.54, 1.807) is 23.4 Å². The van der Waals surface area contributed by atoms with Crippen molar-refractivity contribution in [1.29, 1.82) is 0 Å². The maximum absolute atomic E-state index is 12.8. The van der Waals surface area contributed by atoms with Gasteiger partial charge in [-0.15, -0.1) is 10.2 Å². The molecule has 2 heterocycles. The highest BCUT2D eigenvalue weighted by Crippen LogP contribution is 2.28. The number of nitrogens with zero attached hydrogens (tertiary/aromatic N) is 4. The van der Waals surface area contributed by atoms with Crippen LogP contribution in [0.1, 0.15) is 22.5 Å². The number of thiazole rings is 1. The summed E-state index contributed by atoms with van der Waals surface area (Å²) in [5.74, 6) is 2.27. The Bertz CT molecular complexity index is 1520. The summed E-state index contributed by atoms with van der Waals surface area (Å²) >= 11 is 2.89. The number of fused-ring (bicyclic) bond motifs is 1. The second-order valence-corrected chi connectivity index (χ2v) is 10.0. The maximum atomic E-state index is 12.8. The molecule has 6 nitrogen and oxygen atoms in total. The fourth-order valence-electron chi connectivity index (χ4n) is 3.89. The lowest BCUT2D eigenvalue weighted by atomic mass is 10.1. The summed E-state index contributed by atoms with van der Waals surface area (Å²) < 4.78 is 10.1. The predicted octanol–water partition coefficient (Wildman–Crippen LogP) is 5.61. The van der Waals surface area contributed by atoms with Crippen molar-refractivity contribution in [2.24, 2.45) is 0 Å². The molecule has 0 aliphatic carbocycles. The third-order valence-corrected chi connectivity index (χ3v) is 7.70. The SMILES string of the molecule is COc1ccc(-n2c(Cn3c(=O)sc4ccccc43)nnc2SCc2cc(C)ccc2C)cc1. The second-order valence-electron chi connectivity index (χ2n) is 8.07. The van der Waals surface area contributed by atoms with Crippen molar-refractivity contribution in [2.45, 2.75) is 31.3 Å². The van der Waals surface area contributed by atoms with E-state index in [1.165, 1.54) is 28.0 Å². The van der Waals surface area contributed by atoms with Crippen LogP contribution in [0.3, 0.4) is 0 Å². The molecule has 0 aliphatic rings. The van der Waals surface area contributed by atoms with Crippen molar-refractivity contribution in [1.82, 2.24) is 19.3 Å². The van der Waals surface area contributed by atoms with Gasteiger partial charge in [-0.2, -0.15) is 0 Å². The minimum Gasteiger partial charge on any atom is -0.497 e. The van der Waals surface area contributed by atoms with Crippen LogP contribution in [0.2, 0.25) is 0 Å². The molecule has 34 heavy (non-hydrogen) atoms. The normalized spacial score (nSPS) is 11.3. The van der Waals surface area contributed by atoms with E-state index in [0.29, 0.717) is 12.4 Å². The lowest BCUT2D eigenvalue weighted by Gasteiger charge is -2.12. The van der Waals surface area contributed by atoms with E-state index in [0.717, 1.165) is 32.6 Å². The topological polar surface area (TPSA) is 61.9 Å². The summed E-state index contributed by atoms with van der Waals surface area (Å²) in [6.45, 7) is 4.57. The van der Waals surface area contributed by atoms with Gasteiger partial charge in [-0.1, -0.05) is 59.0 Å². The van der Waals surface area contributed by atoms with Crippen LogP contribution < -0.4 is 9.61 Å². The van der Waals surface area contributed by atoms with Gasteiger partial charge in [-0.05, 0) is 61.4 Å². The molecule has 0 amide bonds. The minimum absolute atomic E-state index is 0.00457. The van der Waals surface area contributed by atoms with E-state index < -0.39 is 0 Å². The highest BCUT2D eigenvalue weighted by Gasteiger charge is 2.18. The van der Waals surface area contributed by atoms with Gasteiger partial charge < -0.3 is 4.74 Å². The van der Waals surface area contributed by atoms with Gasteiger partial charge in [0.2, 0.25) is 0 Å². The molecule has 0 radical (unpaired) electrons. The Hall–Kier alpha value is -3.36. The van der Waals surface area contributed by atoms with Crippen molar-refractivity contribution in [3.8, 4) is 11.4 Å². The zero-order valence-electron chi connectivity index (χ0n) is 19.2. The monoisotopic (exact) mass is 488 g/mol. The molecule has 5 rings (SSSR count). The summed E-state index contributed by atoms with van der Waals surface area (Å²) in [6.07, 6.45) is 0. The Morgan fingerprint density at radius 3 is 2.59 bits per heavy atom. The minimum atomic E-state index is -0.00457. The molecule has 0 unspecified atom stereocenters. The highest BCUT2D eigenvalue weighted by molar-refractivity contribution is 7.98. The van der Waals surface area contributed by atoms with Gasteiger partial charge in [0.25, 0.3) is 0 Å². The summed E-state index contributed by atoms with van der Waals surface area (Å²) in [7, 11) is 1.65. The molecular weight excluding hydrogens is 464 g/mol. The summed E-state index contributed by atoms with van der Waals surface area (Å²) in [5, 5.41) is 9.83. The van der Waals surface area contributed by atoms with Crippen molar-refractivity contribution in [2.75, 3.05) is 7.11 Å². The predicted molar refractivity (Wildman–Crippen MR) is 139 cm³/mol. The van der Waals surface area contributed by atoms with E-state index in [2.05, 4.69) is 42.2 Å². The van der Waals surface area contributed by atoms with Crippen molar-refractivity contribution in [3.05, 3.63) is 98.9 Å². The van der Waals surface area contributed by atoms with E-state index >= 15 is 0 Å². The molecule has 0 saturated carbocycles. The average molecular weight is 489 g/mol. The van der Waals surface area contributed by atoms with E-state index in [-0.39, 0.29) is 4.87 Å². The molecule has 172 valence electrons. The summed E-state index contributed by atoms with van der Waals surface area (Å²) in [4.78, 5) is 12.8. The standard InChI is InChI=1S/C26H24N4O2S2/c1-17-8-9-18(2)19(14-17)16-33-25-28-27-24(30(25)20-10-12-21(32-3)13-11-20)15-29-22-6-4-5-7-23(22)34-26(29)31/h4-14H,15-16H2,1-3H3. The fraction of sp³-hybridized carbons (Fsp3) is 0.192. The first-order chi connectivity index (χ1) is 16.5. The molecule has 3 aromatic carbocycles. The van der Waals surface area contributed by atoms with Crippen molar-refractivity contribution < 1.29 is 4.74 Å². The van der Waals surface area contributed by atoms with Gasteiger partial charge in [0.1, 0.15) is 5.75 Å². The van der Waals surface area contributed by atoms with E-state index in [1.807, 2.05) is 53.1 Å². The number of thioether (sulfide) groups is 1. The molecule has 5 aromatic rings. The second kappa shape index (κ2) is 9.48. The zero-order valence-corrected chi connectivity index (χ0v) is 20.8. The Morgan fingerprint density at radius 2 is 1.79 bits per heavy atom.